The molecular formula is C27H28F2N8O6. The quantitative estimate of drug-likeness (QED) is 0.391. The number of ether oxygens (including phenoxy) is 2. The van der Waals surface area contributed by atoms with Gasteiger partial charge in [0.05, 0.1) is 50.0 Å². The van der Waals surface area contributed by atoms with Crippen molar-refractivity contribution in [2.24, 2.45) is 0 Å². The zero-order valence-corrected chi connectivity index (χ0v) is 23.0. The summed E-state index contributed by atoms with van der Waals surface area (Å²) in [5, 5.41) is 12.7. The fourth-order valence-electron chi connectivity index (χ4n) is 4.67. The third-order valence-electron chi connectivity index (χ3n) is 6.97. The number of nitrogens with one attached hydrogen (secondary N) is 2. The number of cyclic esters (lactones) is 1. The van der Waals surface area contributed by atoms with Crippen LogP contribution >= 0.6 is 0 Å². The van der Waals surface area contributed by atoms with E-state index in [0.29, 0.717) is 43.2 Å². The van der Waals surface area contributed by atoms with Crippen LogP contribution in [0.5, 0.6) is 0 Å². The van der Waals surface area contributed by atoms with Gasteiger partial charge < -0.3 is 29.9 Å². The van der Waals surface area contributed by atoms with E-state index < -0.39 is 35.8 Å². The number of benzene rings is 2. The Bertz CT molecular complexity index is 1510. The number of hydrogen-bond acceptors (Lipinski definition) is 9. The van der Waals surface area contributed by atoms with Gasteiger partial charge >= 0.3 is 12.2 Å². The number of alkyl carbamates (subject to hydrolysis) is 1. The normalized spacial score (nSPS) is 16.6. The number of amides is 4. The number of aromatic nitrogens is 3. The number of carbonyl (C=O) groups excluding carboxylic acids is 4. The van der Waals surface area contributed by atoms with Gasteiger partial charge in [0, 0.05) is 26.2 Å². The Kier molecular flexibility index (Phi) is 8.64. The fourth-order valence-corrected chi connectivity index (χ4v) is 4.67. The molecule has 1 aromatic heterocycles. The topological polar surface area (TPSA) is 151 Å². The molecule has 2 N–H and O–H groups in total. The number of methoxy groups -OCH3 is 1. The molecule has 3 aromatic rings. The maximum atomic E-state index is 15.1. The van der Waals surface area contributed by atoms with Gasteiger partial charge in [-0.15, -0.1) is 5.10 Å². The average Bonchev–Trinajstić information content (AvgIpc) is 3.66. The summed E-state index contributed by atoms with van der Waals surface area (Å²) < 4.78 is 39.3. The van der Waals surface area contributed by atoms with Gasteiger partial charge in [0.2, 0.25) is 5.91 Å². The Labute approximate surface area is 244 Å². The van der Waals surface area contributed by atoms with Crippen molar-refractivity contribution in [1.82, 2.24) is 30.5 Å². The molecule has 2 aliphatic rings. The first-order valence-corrected chi connectivity index (χ1v) is 13.3. The third-order valence-corrected chi connectivity index (χ3v) is 6.97. The highest BCUT2D eigenvalue weighted by Gasteiger charge is 2.33. The lowest BCUT2D eigenvalue weighted by Crippen LogP contribution is -2.51. The van der Waals surface area contributed by atoms with Gasteiger partial charge in [-0.1, -0.05) is 5.21 Å². The molecule has 1 atom stereocenters. The SMILES string of the molecule is COC(=O)NC[C@H]1CN(c2ccc(N3CCN(C(=O)CNC(=O)c4cn(-c5ccc(F)cc5)nn4)CC3)c(F)c2)C(=O)O1. The number of halogens is 2. The molecule has 4 amide bonds. The molecule has 16 heteroatoms. The number of anilines is 2. The number of piperazine rings is 1. The molecule has 2 aromatic carbocycles. The Morgan fingerprint density at radius 3 is 2.44 bits per heavy atom. The molecule has 43 heavy (non-hydrogen) atoms. The predicted octanol–water partition coefficient (Wildman–Crippen LogP) is 1.31. The standard InChI is InChI=1S/C27H28F2N8O6/c1-42-26(40)31-13-20-15-36(27(41)43-20)19-6-7-23(21(29)12-19)34-8-10-35(11-9-34)24(38)14-30-25(39)22-16-37(33-32-22)18-4-2-17(28)3-5-18/h2-7,12,16,20H,8-11,13-15H2,1H3,(H,30,39)(H,31,40)/t20-/m0/s1. The van der Waals surface area contributed by atoms with E-state index in [4.69, 9.17) is 4.74 Å². The van der Waals surface area contributed by atoms with E-state index in [9.17, 15) is 23.6 Å². The second-order valence-electron chi connectivity index (χ2n) is 9.70. The van der Waals surface area contributed by atoms with E-state index in [1.165, 1.54) is 53.2 Å². The van der Waals surface area contributed by atoms with Crippen LogP contribution in [0, 0.1) is 11.6 Å². The Hall–Kier alpha value is -5.28. The average molecular weight is 599 g/mol. The fraction of sp³-hybridized carbons (Fsp3) is 0.333. The monoisotopic (exact) mass is 598 g/mol. The van der Waals surface area contributed by atoms with E-state index in [1.807, 2.05) is 0 Å². The van der Waals surface area contributed by atoms with Crippen molar-refractivity contribution in [3.63, 3.8) is 0 Å². The Morgan fingerprint density at radius 2 is 1.74 bits per heavy atom. The molecule has 0 aliphatic carbocycles. The van der Waals surface area contributed by atoms with Gasteiger partial charge in [-0.25, -0.2) is 23.1 Å². The van der Waals surface area contributed by atoms with Gasteiger partial charge in [0.15, 0.2) is 5.69 Å². The van der Waals surface area contributed by atoms with Crippen LogP contribution in [0.2, 0.25) is 0 Å². The minimum Gasteiger partial charge on any atom is -0.453 e. The number of carbonyl (C=O) groups is 4. The second kappa shape index (κ2) is 12.7. The number of rotatable bonds is 8. The summed E-state index contributed by atoms with van der Waals surface area (Å²) >= 11 is 0. The second-order valence-corrected chi connectivity index (χ2v) is 9.70. The van der Waals surface area contributed by atoms with Gasteiger partial charge in [0.1, 0.15) is 17.7 Å². The first kappa shape index (κ1) is 29.2. The summed E-state index contributed by atoms with van der Waals surface area (Å²) in [4.78, 5) is 53.4. The van der Waals surface area contributed by atoms with Gasteiger partial charge in [-0.05, 0) is 42.5 Å². The van der Waals surface area contributed by atoms with Crippen LogP contribution in [-0.4, -0.2) is 103 Å². The Balaban J connectivity index is 1.09. The van der Waals surface area contributed by atoms with Crippen LogP contribution in [0.3, 0.4) is 0 Å². The van der Waals surface area contributed by atoms with Crippen LogP contribution in [0.15, 0.2) is 48.7 Å². The minimum absolute atomic E-state index is 0.00330. The van der Waals surface area contributed by atoms with Gasteiger partial charge in [-0.3, -0.25) is 14.5 Å². The van der Waals surface area contributed by atoms with Crippen molar-refractivity contribution in [1.29, 1.82) is 0 Å². The summed E-state index contributed by atoms with van der Waals surface area (Å²) in [7, 11) is 1.22. The van der Waals surface area contributed by atoms with Crippen LogP contribution in [0.1, 0.15) is 10.5 Å². The molecule has 0 unspecified atom stereocenters. The maximum absolute atomic E-state index is 15.1. The summed E-state index contributed by atoms with van der Waals surface area (Å²) in [5.41, 5.74) is 1.15. The summed E-state index contributed by atoms with van der Waals surface area (Å²) in [5.74, 6) is -1.84. The molecular weight excluding hydrogens is 570 g/mol. The van der Waals surface area contributed by atoms with Gasteiger partial charge in [-0.2, -0.15) is 0 Å². The van der Waals surface area contributed by atoms with E-state index in [1.54, 1.807) is 21.9 Å². The molecule has 226 valence electrons. The summed E-state index contributed by atoms with van der Waals surface area (Å²) in [6.45, 7) is 1.26. The third kappa shape index (κ3) is 6.79. The predicted molar refractivity (Wildman–Crippen MR) is 147 cm³/mol. The molecule has 0 saturated carbocycles. The van der Waals surface area contributed by atoms with Crippen molar-refractivity contribution in [2.45, 2.75) is 6.10 Å². The smallest absolute Gasteiger partial charge is 0.414 e. The first-order chi connectivity index (χ1) is 20.7. The highest BCUT2D eigenvalue weighted by atomic mass is 19.1. The molecule has 5 rings (SSSR count). The molecule has 2 saturated heterocycles. The van der Waals surface area contributed by atoms with Crippen LogP contribution in [0.25, 0.3) is 5.69 Å². The summed E-state index contributed by atoms with van der Waals surface area (Å²) in [6.07, 6.45) is -0.541. The maximum Gasteiger partial charge on any atom is 0.414 e. The molecule has 2 fully saturated rings. The lowest BCUT2D eigenvalue weighted by Gasteiger charge is -2.36. The first-order valence-electron chi connectivity index (χ1n) is 13.3. The molecule has 2 aliphatic heterocycles. The van der Waals surface area contributed by atoms with E-state index >= 15 is 4.39 Å². The molecule has 14 nitrogen and oxygen atoms in total. The molecule has 3 heterocycles. The van der Waals surface area contributed by atoms with Crippen molar-refractivity contribution >= 4 is 35.4 Å². The van der Waals surface area contributed by atoms with Crippen molar-refractivity contribution < 1.29 is 37.4 Å². The van der Waals surface area contributed by atoms with E-state index in [2.05, 4.69) is 25.7 Å². The molecule has 0 radical (unpaired) electrons. The van der Waals surface area contributed by atoms with Gasteiger partial charge in [0.25, 0.3) is 5.91 Å². The number of nitrogens with zero attached hydrogens (tertiary/aromatic N) is 6. The zero-order chi connectivity index (χ0) is 30.5. The minimum atomic E-state index is -0.652. The molecule has 0 bridgehead atoms. The zero-order valence-electron chi connectivity index (χ0n) is 23.0. The number of hydrogen-bond donors (Lipinski definition) is 2. The van der Waals surface area contributed by atoms with E-state index in [0.717, 1.165) is 0 Å². The summed E-state index contributed by atoms with van der Waals surface area (Å²) in [6, 6.07) is 9.91. The highest BCUT2D eigenvalue weighted by molar-refractivity contribution is 5.94. The molecule has 0 spiro atoms. The lowest BCUT2D eigenvalue weighted by atomic mass is 10.2. The largest absolute Gasteiger partial charge is 0.453 e. The van der Waals surface area contributed by atoms with E-state index in [-0.39, 0.29) is 31.2 Å². The van der Waals surface area contributed by atoms with Crippen LogP contribution in [0.4, 0.5) is 29.7 Å². The van der Waals surface area contributed by atoms with Crippen molar-refractivity contribution in [3.05, 3.63) is 66.0 Å². The van der Waals surface area contributed by atoms with Crippen molar-refractivity contribution in [2.75, 3.05) is 62.7 Å². The van der Waals surface area contributed by atoms with Crippen molar-refractivity contribution in [3.8, 4) is 5.69 Å². The highest BCUT2D eigenvalue weighted by Crippen LogP contribution is 2.28. The van der Waals surface area contributed by atoms with Crippen LogP contribution < -0.4 is 20.4 Å². The lowest BCUT2D eigenvalue weighted by molar-refractivity contribution is -0.130. The van der Waals surface area contributed by atoms with Crippen LogP contribution in [-0.2, 0) is 14.3 Å². The Morgan fingerprint density at radius 1 is 1.02 bits per heavy atom.